The summed E-state index contributed by atoms with van der Waals surface area (Å²) in [6.45, 7) is 4.44. The highest BCUT2D eigenvalue weighted by Gasteiger charge is 2.06. The maximum Gasteiger partial charge on any atom is 0.251 e. The van der Waals surface area contributed by atoms with Gasteiger partial charge in [-0.2, -0.15) is 0 Å². The van der Waals surface area contributed by atoms with E-state index in [0.717, 1.165) is 11.1 Å². The second-order valence-electron chi connectivity index (χ2n) is 4.27. The molecule has 0 saturated heterocycles. The summed E-state index contributed by atoms with van der Waals surface area (Å²) in [4.78, 5) is 22.6. The van der Waals surface area contributed by atoms with E-state index in [4.69, 9.17) is 5.73 Å². The highest BCUT2D eigenvalue weighted by atomic mass is 16.2. The van der Waals surface area contributed by atoms with Gasteiger partial charge in [0.1, 0.15) is 0 Å². The van der Waals surface area contributed by atoms with Gasteiger partial charge in [0.05, 0.1) is 6.54 Å². The molecule has 1 aromatic carbocycles. The van der Waals surface area contributed by atoms with E-state index in [9.17, 15) is 9.59 Å². The summed E-state index contributed by atoms with van der Waals surface area (Å²) in [5, 5.41) is 5.34. The molecule has 0 radical (unpaired) electrons. The number of amides is 2. The van der Waals surface area contributed by atoms with Gasteiger partial charge in [-0.15, -0.1) is 0 Å². The van der Waals surface area contributed by atoms with Gasteiger partial charge in [0.2, 0.25) is 5.91 Å². The highest BCUT2D eigenvalue weighted by molar-refractivity contribution is 5.94. The first kappa shape index (κ1) is 15.7. The van der Waals surface area contributed by atoms with Crippen LogP contribution < -0.4 is 16.4 Å². The first-order chi connectivity index (χ1) is 9.54. The van der Waals surface area contributed by atoms with Crippen LogP contribution in [0.15, 0.2) is 18.2 Å². The molecule has 20 heavy (non-hydrogen) atoms. The molecule has 0 aliphatic carbocycles. The number of benzene rings is 1. The van der Waals surface area contributed by atoms with Crippen LogP contribution in [0.3, 0.4) is 0 Å². The second kappa shape index (κ2) is 7.97. The summed E-state index contributed by atoms with van der Waals surface area (Å²) in [7, 11) is 0. The summed E-state index contributed by atoms with van der Waals surface area (Å²) < 4.78 is 0. The number of rotatable bonds is 4. The zero-order chi connectivity index (χ0) is 15.0. The molecule has 0 spiro atoms. The predicted molar refractivity (Wildman–Crippen MR) is 78.1 cm³/mol. The Bertz CT molecular complexity index is 556. The normalized spacial score (nSPS) is 9.35. The van der Waals surface area contributed by atoms with Crippen LogP contribution in [0.1, 0.15) is 28.4 Å². The molecule has 0 atom stereocenters. The van der Waals surface area contributed by atoms with Crippen molar-refractivity contribution in [3.8, 4) is 11.8 Å². The molecule has 0 unspecified atom stereocenters. The summed E-state index contributed by atoms with van der Waals surface area (Å²) >= 11 is 0. The second-order valence-corrected chi connectivity index (χ2v) is 4.27. The van der Waals surface area contributed by atoms with Crippen molar-refractivity contribution in [2.45, 2.75) is 13.8 Å². The lowest BCUT2D eigenvalue weighted by molar-refractivity contribution is -0.118. The molecule has 0 saturated carbocycles. The Morgan fingerprint density at radius 3 is 2.60 bits per heavy atom. The first-order valence-electron chi connectivity index (χ1n) is 6.37. The Kier molecular flexibility index (Phi) is 6.27. The smallest absolute Gasteiger partial charge is 0.251 e. The van der Waals surface area contributed by atoms with Crippen LogP contribution in [0, 0.1) is 18.8 Å². The molecule has 106 valence electrons. The van der Waals surface area contributed by atoms with E-state index in [1.807, 2.05) is 13.0 Å². The Hall–Kier alpha value is -2.32. The SMILES string of the molecule is CC(=O)NCCNC(=O)c1ccc(C)c(C#CCN)c1. The van der Waals surface area contributed by atoms with Crippen LogP contribution >= 0.6 is 0 Å². The third-order valence-corrected chi connectivity index (χ3v) is 2.61. The molecule has 1 rings (SSSR count). The van der Waals surface area contributed by atoms with E-state index < -0.39 is 0 Å². The van der Waals surface area contributed by atoms with Crippen molar-refractivity contribution in [1.82, 2.24) is 10.6 Å². The number of nitrogens with one attached hydrogen (secondary N) is 2. The number of hydrogen-bond donors (Lipinski definition) is 3. The van der Waals surface area contributed by atoms with Gasteiger partial charge in [0, 0.05) is 31.1 Å². The van der Waals surface area contributed by atoms with Crippen molar-refractivity contribution >= 4 is 11.8 Å². The quantitative estimate of drug-likeness (QED) is 0.540. The van der Waals surface area contributed by atoms with Gasteiger partial charge < -0.3 is 16.4 Å². The van der Waals surface area contributed by atoms with Crippen molar-refractivity contribution < 1.29 is 9.59 Å². The Labute approximate surface area is 118 Å². The number of carbonyl (C=O) groups is 2. The first-order valence-corrected chi connectivity index (χ1v) is 6.37. The molecule has 0 bridgehead atoms. The van der Waals surface area contributed by atoms with E-state index in [1.54, 1.807) is 12.1 Å². The van der Waals surface area contributed by atoms with Gasteiger partial charge in [-0.1, -0.05) is 17.9 Å². The Balaban J connectivity index is 2.66. The van der Waals surface area contributed by atoms with Gasteiger partial charge in [-0.3, -0.25) is 9.59 Å². The maximum atomic E-state index is 11.9. The molecule has 0 aliphatic rings. The standard InChI is InChI=1S/C15H19N3O2/c1-11-5-6-14(10-13(11)4-3-7-16)15(20)18-9-8-17-12(2)19/h5-6,10H,7-9,16H2,1-2H3,(H,17,19)(H,18,20). The molecule has 2 amide bonds. The van der Waals surface area contributed by atoms with Crippen LogP contribution in [-0.4, -0.2) is 31.4 Å². The molecular weight excluding hydrogens is 254 g/mol. The number of hydrogen-bond acceptors (Lipinski definition) is 3. The van der Waals surface area contributed by atoms with Crippen LogP contribution in [-0.2, 0) is 4.79 Å². The van der Waals surface area contributed by atoms with E-state index in [-0.39, 0.29) is 18.4 Å². The topological polar surface area (TPSA) is 84.2 Å². The van der Waals surface area contributed by atoms with Crippen molar-refractivity contribution in [3.63, 3.8) is 0 Å². The lowest BCUT2D eigenvalue weighted by Crippen LogP contribution is -2.33. The monoisotopic (exact) mass is 273 g/mol. The number of carbonyl (C=O) groups excluding carboxylic acids is 2. The average molecular weight is 273 g/mol. The largest absolute Gasteiger partial charge is 0.355 e. The zero-order valence-electron chi connectivity index (χ0n) is 11.7. The van der Waals surface area contributed by atoms with Gasteiger partial charge in [0.15, 0.2) is 0 Å². The van der Waals surface area contributed by atoms with Gasteiger partial charge in [-0.25, -0.2) is 0 Å². The van der Waals surface area contributed by atoms with Crippen LogP contribution in [0.5, 0.6) is 0 Å². The van der Waals surface area contributed by atoms with Crippen molar-refractivity contribution in [1.29, 1.82) is 0 Å². The fourth-order valence-electron chi connectivity index (χ4n) is 1.56. The van der Waals surface area contributed by atoms with Crippen LogP contribution in [0.4, 0.5) is 0 Å². The van der Waals surface area contributed by atoms with Crippen molar-refractivity contribution in [2.75, 3.05) is 19.6 Å². The molecule has 0 fully saturated rings. The van der Waals surface area contributed by atoms with E-state index >= 15 is 0 Å². The van der Waals surface area contributed by atoms with Gasteiger partial charge in [0.25, 0.3) is 5.91 Å². The number of nitrogens with two attached hydrogens (primary N) is 1. The Morgan fingerprint density at radius 1 is 1.25 bits per heavy atom. The molecule has 0 heterocycles. The van der Waals surface area contributed by atoms with E-state index in [0.29, 0.717) is 18.7 Å². The molecule has 1 aromatic rings. The minimum Gasteiger partial charge on any atom is -0.355 e. The average Bonchev–Trinajstić information content (AvgIpc) is 2.42. The van der Waals surface area contributed by atoms with Crippen molar-refractivity contribution in [3.05, 3.63) is 34.9 Å². The molecule has 0 aliphatic heterocycles. The van der Waals surface area contributed by atoms with Gasteiger partial charge in [-0.05, 0) is 24.6 Å². The lowest BCUT2D eigenvalue weighted by atomic mass is 10.0. The molecule has 4 N–H and O–H groups in total. The minimum atomic E-state index is -0.189. The minimum absolute atomic E-state index is 0.117. The molecule has 5 heteroatoms. The summed E-state index contributed by atoms with van der Waals surface area (Å²) in [5.74, 6) is 5.41. The lowest BCUT2D eigenvalue weighted by Gasteiger charge is -2.07. The van der Waals surface area contributed by atoms with E-state index in [1.165, 1.54) is 6.92 Å². The maximum absolute atomic E-state index is 11.9. The van der Waals surface area contributed by atoms with Gasteiger partial charge >= 0.3 is 0 Å². The fourth-order valence-corrected chi connectivity index (χ4v) is 1.56. The third kappa shape index (κ3) is 5.12. The van der Waals surface area contributed by atoms with Crippen LogP contribution in [0.2, 0.25) is 0 Å². The summed E-state index contributed by atoms with van der Waals surface area (Å²) in [6, 6.07) is 5.34. The van der Waals surface area contributed by atoms with E-state index in [2.05, 4.69) is 22.5 Å². The summed E-state index contributed by atoms with van der Waals surface area (Å²) in [5.41, 5.74) is 7.68. The predicted octanol–water partition coefficient (Wildman–Crippen LogP) is 0.171. The fraction of sp³-hybridized carbons (Fsp3) is 0.333. The molecule has 5 nitrogen and oxygen atoms in total. The third-order valence-electron chi connectivity index (χ3n) is 2.61. The highest BCUT2D eigenvalue weighted by Crippen LogP contribution is 2.10. The van der Waals surface area contributed by atoms with Crippen LogP contribution in [0.25, 0.3) is 0 Å². The summed E-state index contributed by atoms with van der Waals surface area (Å²) in [6.07, 6.45) is 0. The zero-order valence-corrected chi connectivity index (χ0v) is 11.7. The van der Waals surface area contributed by atoms with Crippen molar-refractivity contribution in [2.24, 2.45) is 5.73 Å². The number of aryl methyl sites for hydroxylation is 1. The Morgan fingerprint density at radius 2 is 1.95 bits per heavy atom. The molecular formula is C15H19N3O2. The molecule has 0 aromatic heterocycles.